The van der Waals surface area contributed by atoms with Gasteiger partial charge in [0.05, 0.1) is 18.4 Å². The molecule has 0 atom stereocenters. The summed E-state index contributed by atoms with van der Waals surface area (Å²) in [7, 11) is 0. The Balaban J connectivity index is 1.97. The lowest BCUT2D eigenvalue weighted by Crippen LogP contribution is -2.03. The van der Waals surface area contributed by atoms with Crippen LogP contribution < -0.4 is 5.32 Å². The van der Waals surface area contributed by atoms with E-state index in [0.717, 1.165) is 11.3 Å². The van der Waals surface area contributed by atoms with E-state index in [1.807, 2.05) is 25.3 Å². The van der Waals surface area contributed by atoms with Gasteiger partial charge in [0.15, 0.2) is 0 Å². The maximum absolute atomic E-state index is 12.6. The minimum absolute atomic E-state index is 0.334. The zero-order chi connectivity index (χ0) is 11.4. The van der Waals surface area contributed by atoms with E-state index in [1.165, 1.54) is 12.3 Å². The number of pyridine rings is 2. The molecule has 3 nitrogen and oxygen atoms in total. The van der Waals surface area contributed by atoms with Crippen molar-refractivity contribution in [3.05, 3.63) is 53.7 Å². The lowest BCUT2D eigenvalue weighted by molar-refractivity contribution is 0.621. The fourth-order valence-corrected chi connectivity index (χ4v) is 1.26. The number of nitrogens with one attached hydrogen (secondary N) is 1. The summed E-state index contributed by atoms with van der Waals surface area (Å²) in [6.07, 6.45) is 3.00. The zero-order valence-electron chi connectivity index (χ0n) is 8.94. The quantitative estimate of drug-likeness (QED) is 0.858. The first-order valence-electron chi connectivity index (χ1n) is 5.01. The molecule has 1 N–H and O–H groups in total. The Kier molecular flexibility index (Phi) is 3.10. The van der Waals surface area contributed by atoms with Gasteiger partial charge in [-0.1, -0.05) is 6.07 Å². The number of rotatable bonds is 3. The van der Waals surface area contributed by atoms with Crippen LogP contribution in [0.3, 0.4) is 0 Å². The average molecular weight is 217 g/mol. The second-order valence-electron chi connectivity index (χ2n) is 3.54. The third-order valence-corrected chi connectivity index (χ3v) is 2.15. The SMILES string of the molecule is Cc1ccc(CNc2ccc(F)cn2)nc1. The first kappa shape index (κ1) is 10.5. The Morgan fingerprint density at radius 1 is 1.12 bits per heavy atom. The standard InChI is InChI=1S/C12H12FN3/c1-9-2-4-11(14-6-9)8-16-12-5-3-10(13)7-15-12/h2-7H,8H2,1H3,(H,15,16). The Labute approximate surface area is 93.4 Å². The molecular formula is C12H12FN3. The third kappa shape index (κ3) is 2.76. The lowest BCUT2D eigenvalue weighted by atomic mass is 10.3. The van der Waals surface area contributed by atoms with Crippen LogP contribution in [0.1, 0.15) is 11.3 Å². The Hall–Kier alpha value is -1.97. The molecule has 2 aromatic rings. The van der Waals surface area contributed by atoms with Gasteiger partial charge >= 0.3 is 0 Å². The number of aromatic nitrogens is 2. The second kappa shape index (κ2) is 4.70. The highest BCUT2D eigenvalue weighted by molar-refractivity contribution is 5.34. The average Bonchev–Trinajstić information content (AvgIpc) is 2.30. The van der Waals surface area contributed by atoms with E-state index in [9.17, 15) is 4.39 Å². The summed E-state index contributed by atoms with van der Waals surface area (Å²) in [4.78, 5) is 8.14. The Morgan fingerprint density at radius 2 is 2.00 bits per heavy atom. The van der Waals surface area contributed by atoms with E-state index in [1.54, 1.807) is 6.07 Å². The number of hydrogen-bond acceptors (Lipinski definition) is 3. The molecule has 0 radical (unpaired) electrons. The molecule has 0 bridgehead atoms. The van der Waals surface area contributed by atoms with Crippen LogP contribution in [-0.2, 0) is 6.54 Å². The lowest BCUT2D eigenvalue weighted by Gasteiger charge is -2.04. The van der Waals surface area contributed by atoms with Crippen LogP contribution in [0.15, 0.2) is 36.7 Å². The van der Waals surface area contributed by atoms with Crippen molar-refractivity contribution >= 4 is 5.82 Å². The molecule has 0 amide bonds. The van der Waals surface area contributed by atoms with Gasteiger partial charge < -0.3 is 5.32 Å². The van der Waals surface area contributed by atoms with Gasteiger partial charge in [0.2, 0.25) is 0 Å². The topological polar surface area (TPSA) is 37.8 Å². The maximum atomic E-state index is 12.6. The van der Waals surface area contributed by atoms with Crippen LogP contribution in [0, 0.1) is 12.7 Å². The summed E-state index contributed by atoms with van der Waals surface area (Å²) in [6.45, 7) is 2.57. The van der Waals surface area contributed by atoms with Gasteiger partial charge in [-0.05, 0) is 30.7 Å². The summed E-state index contributed by atoms with van der Waals surface area (Å²) in [5.41, 5.74) is 2.06. The van der Waals surface area contributed by atoms with Gasteiger partial charge in [-0.2, -0.15) is 0 Å². The number of halogens is 1. The zero-order valence-corrected chi connectivity index (χ0v) is 8.94. The van der Waals surface area contributed by atoms with Gasteiger partial charge in [0, 0.05) is 6.20 Å². The van der Waals surface area contributed by atoms with Crippen molar-refractivity contribution in [3.63, 3.8) is 0 Å². The van der Waals surface area contributed by atoms with E-state index >= 15 is 0 Å². The maximum Gasteiger partial charge on any atom is 0.141 e. The summed E-state index contributed by atoms with van der Waals surface area (Å²) in [5, 5.41) is 3.07. The van der Waals surface area contributed by atoms with Crippen LogP contribution in [0.5, 0.6) is 0 Å². The van der Waals surface area contributed by atoms with E-state index < -0.39 is 0 Å². The predicted molar refractivity (Wildman–Crippen MR) is 60.5 cm³/mol. The molecule has 4 heteroatoms. The summed E-state index contributed by atoms with van der Waals surface area (Å²) in [5.74, 6) is 0.308. The van der Waals surface area contributed by atoms with Crippen molar-refractivity contribution in [3.8, 4) is 0 Å². The molecular weight excluding hydrogens is 205 g/mol. The molecule has 0 saturated carbocycles. The van der Waals surface area contributed by atoms with Crippen LogP contribution in [0.25, 0.3) is 0 Å². The molecule has 2 heterocycles. The smallest absolute Gasteiger partial charge is 0.141 e. The van der Waals surface area contributed by atoms with Gasteiger partial charge in [-0.25, -0.2) is 9.37 Å². The molecule has 0 fully saturated rings. The molecule has 2 rings (SSSR count). The fourth-order valence-electron chi connectivity index (χ4n) is 1.26. The third-order valence-electron chi connectivity index (χ3n) is 2.15. The van der Waals surface area contributed by atoms with Crippen LogP contribution >= 0.6 is 0 Å². The minimum Gasteiger partial charge on any atom is -0.364 e. The number of aryl methyl sites for hydroxylation is 1. The van der Waals surface area contributed by atoms with Crippen molar-refractivity contribution in [2.45, 2.75) is 13.5 Å². The van der Waals surface area contributed by atoms with Crippen molar-refractivity contribution in [2.75, 3.05) is 5.32 Å². The number of nitrogens with zero attached hydrogens (tertiary/aromatic N) is 2. The molecule has 0 aliphatic rings. The number of anilines is 1. The van der Waals surface area contributed by atoms with Gasteiger partial charge in [-0.15, -0.1) is 0 Å². The van der Waals surface area contributed by atoms with Crippen LogP contribution in [0.4, 0.5) is 10.2 Å². The molecule has 0 spiro atoms. The number of hydrogen-bond donors (Lipinski definition) is 1. The van der Waals surface area contributed by atoms with Crippen molar-refractivity contribution in [1.29, 1.82) is 0 Å². The molecule has 0 unspecified atom stereocenters. The van der Waals surface area contributed by atoms with E-state index in [4.69, 9.17) is 0 Å². The normalized spacial score (nSPS) is 10.1. The second-order valence-corrected chi connectivity index (χ2v) is 3.54. The van der Waals surface area contributed by atoms with Gasteiger partial charge in [0.25, 0.3) is 0 Å². The Bertz CT molecular complexity index is 405. The highest BCUT2D eigenvalue weighted by atomic mass is 19.1. The van der Waals surface area contributed by atoms with Crippen LogP contribution in [-0.4, -0.2) is 9.97 Å². The monoisotopic (exact) mass is 217 g/mol. The van der Waals surface area contributed by atoms with Gasteiger partial charge in [-0.3, -0.25) is 4.98 Å². The molecule has 82 valence electrons. The molecule has 0 aromatic carbocycles. The van der Waals surface area contributed by atoms with E-state index in [-0.39, 0.29) is 5.82 Å². The van der Waals surface area contributed by atoms with Crippen molar-refractivity contribution in [2.24, 2.45) is 0 Å². The van der Waals surface area contributed by atoms with E-state index in [0.29, 0.717) is 12.4 Å². The molecule has 0 aliphatic heterocycles. The first-order valence-corrected chi connectivity index (χ1v) is 5.01. The predicted octanol–water partition coefficient (Wildman–Crippen LogP) is 2.54. The van der Waals surface area contributed by atoms with Gasteiger partial charge in [0.1, 0.15) is 11.6 Å². The Morgan fingerprint density at radius 3 is 2.62 bits per heavy atom. The van der Waals surface area contributed by atoms with Crippen LogP contribution in [0.2, 0.25) is 0 Å². The summed E-state index contributed by atoms with van der Waals surface area (Å²) in [6, 6.07) is 6.93. The van der Waals surface area contributed by atoms with Crippen molar-refractivity contribution < 1.29 is 4.39 Å². The first-order chi connectivity index (χ1) is 7.74. The fraction of sp³-hybridized carbons (Fsp3) is 0.167. The largest absolute Gasteiger partial charge is 0.364 e. The minimum atomic E-state index is -0.334. The van der Waals surface area contributed by atoms with E-state index in [2.05, 4.69) is 15.3 Å². The van der Waals surface area contributed by atoms with Crippen molar-refractivity contribution in [1.82, 2.24) is 9.97 Å². The summed E-state index contributed by atoms with van der Waals surface area (Å²) >= 11 is 0. The highest BCUT2D eigenvalue weighted by Crippen LogP contribution is 2.06. The summed E-state index contributed by atoms with van der Waals surface area (Å²) < 4.78 is 12.6. The molecule has 0 aliphatic carbocycles. The molecule has 2 aromatic heterocycles. The molecule has 0 saturated heterocycles. The highest BCUT2D eigenvalue weighted by Gasteiger charge is 1.96. The molecule has 16 heavy (non-hydrogen) atoms.